The van der Waals surface area contributed by atoms with Gasteiger partial charge in [-0.15, -0.1) is 0 Å². The van der Waals surface area contributed by atoms with Crippen molar-refractivity contribution in [2.75, 3.05) is 25.5 Å². The van der Waals surface area contributed by atoms with Crippen LogP contribution < -0.4 is 16.2 Å². The molecular weight excluding hydrogens is 260 g/mol. The van der Waals surface area contributed by atoms with Crippen molar-refractivity contribution in [2.45, 2.75) is 13.0 Å². The van der Waals surface area contributed by atoms with E-state index in [0.717, 1.165) is 4.68 Å². The van der Waals surface area contributed by atoms with E-state index in [1.54, 1.807) is 7.05 Å². The number of nitrogens with one attached hydrogen (secondary N) is 2. The lowest BCUT2D eigenvalue weighted by atomic mass is 10.3. The first-order valence-corrected chi connectivity index (χ1v) is 5.79. The number of aromatic nitrogens is 2. The number of carbonyl (C=O) groups is 1. The predicted molar refractivity (Wildman–Crippen MR) is 67.8 cm³/mol. The second-order valence-electron chi connectivity index (χ2n) is 3.47. The zero-order valence-corrected chi connectivity index (χ0v) is 10.7. The van der Waals surface area contributed by atoms with Crippen LogP contribution in [-0.4, -0.2) is 41.0 Å². The van der Waals surface area contributed by atoms with Gasteiger partial charge in [-0.05, 0) is 0 Å². The molecule has 1 aromatic rings. The van der Waals surface area contributed by atoms with Crippen LogP contribution >= 0.6 is 11.6 Å². The Kier molecular flexibility index (Phi) is 5.60. The summed E-state index contributed by atoms with van der Waals surface area (Å²) in [5.41, 5.74) is -0.101. The maximum Gasteiger partial charge on any atom is 0.287 e. The molecule has 0 fully saturated rings. The second kappa shape index (κ2) is 6.97. The summed E-state index contributed by atoms with van der Waals surface area (Å²) in [6.45, 7) is 0.258. The molecule has 0 saturated carbocycles. The van der Waals surface area contributed by atoms with Gasteiger partial charge in [0.05, 0.1) is 25.0 Å². The molecule has 0 spiro atoms. The van der Waals surface area contributed by atoms with Gasteiger partial charge < -0.3 is 15.7 Å². The molecule has 1 rings (SSSR count). The van der Waals surface area contributed by atoms with Gasteiger partial charge in [0.2, 0.25) is 5.91 Å². The number of anilines is 1. The first-order valence-electron chi connectivity index (χ1n) is 5.41. The zero-order chi connectivity index (χ0) is 13.5. The molecule has 18 heavy (non-hydrogen) atoms. The number of rotatable bonds is 6. The number of hydrogen-bond donors (Lipinski definition) is 3. The van der Waals surface area contributed by atoms with Gasteiger partial charge in [0.25, 0.3) is 5.56 Å². The van der Waals surface area contributed by atoms with Crippen molar-refractivity contribution < 1.29 is 9.90 Å². The first-order chi connectivity index (χ1) is 8.60. The molecule has 0 unspecified atom stereocenters. The third-order valence-corrected chi connectivity index (χ3v) is 2.61. The van der Waals surface area contributed by atoms with Gasteiger partial charge in [0.1, 0.15) is 5.02 Å². The maximum atomic E-state index is 11.7. The lowest BCUT2D eigenvalue weighted by Crippen LogP contribution is -2.26. The highest BCUT2D eigenvalue weighted by molar-refractivity contribution is 6.32. The van der Waals surface area contributed by atoms with Gasteiger partial charge in [-0.1, -0.05) is 11.6 Å². The highest BCUT2D eigenvalue weighted by Gasteiger charge is 2.08. The molecule has 0 aromatic carbocycles. The van der Waals surface area contributed by atoms with Gasteiger partial charge in [0.15, 0.2) is 0 Å². The molecule has 0 aliphatic heterocycles. The largest absolute Gasteiger partial charge is 0.394 e. The number of carbonyl (C=O) groups excluding carboxylic acids is 1. The number of aliphatic hydroxyl groups excluding tert-OH is 1. The Hall–Kier alpha value is -1.60. The van der Waals surface area contributed by atoms with E-state index in [1.807, 2.05) is 0 Å². The van der Waals surface area contributed by atoms with E-state index in [9.17, 15) is 9.59 Å². The van der Waals surface area contributed by atoms with Crippen LogP contribution in [0.1, 0.15) is 6.42 Å². The van der Waals surface area contributed by atoms with Gasteiger partial charge in [-0.3, -0.25) is 9.59 Å². The summed E-state index contributed by atoms with van der Waals surface area (Å²) in [6, 6.07) is 0. The Bertz CT molecular complexity index is 475. The van der Waals surface area contributed by atoms with Crippen LogP contribution in [0.3, 0.4) is 0 Å². The number of aliphatic hydroxyl groups is 1. The lowest BCUT2D eigenvalue weighted by molar-refractivity contribution is -0.120. The Labute approximate surface area is 109 Å². The molecule has 3 N–H and O–H groups in total. The minimum absolute atomic E-state index is 0.00430. The van der Waals surface area contributed by atoms with Gasteiger partial charge in [-0.25, -0.2) is 4.68 Å². The highest BCUT2D eigenvalue weighted by atomic mass is 35.5. The van der Waals surface area contributed by atoms with Gasteiger partial charge >= 0.3 is 0 Å². The van der Waals surface area contributed by atoms with E-state index in [1.165, 1.54) is 6.20 Å². The maximum absolute atomic E-state index is 11.7. The molecule has 1 amide bonds. The fourth-order valence-corrected chi connectivity index (χ4v) is 1.49. The minimum atomic E-state index is -0.476. The first kappa shape index (κ1) is 14.5. The fourth-order valence-electron chi connectivity index (χ4n) is 1.28. The van der Waals surface area contributed by atoms with Crippen molar-refractivity contribution in [3.8, 4) is 0 Å². The van der Waals surface area contributed by atoms with Crippen molar-refractivity contribution >= 4 is 23.2 Å². The van der Waals surface area contributed by atoms with Crippen molar-refractivity contribution in [1.29, 1.82) is 0 Å². The topological polar surface area (TPSA) is 96.2 Å². The summed E-state index contributed by atoms with van der Waals surface area (Å²) in [4.78, 5) is 22.7. The number of amides is 1. The third-order valence-electron chi connectivity index (χ3n) is 2.24. The van der Waals surface area contributed by atoms with Gasteiger partial charge in [0, 0.05) is 20.0 Å². The van der Waals surface area contributed by atoms with Crippen LogP contribution in [0.15, 0.2) is 11.0 Å². The molecule has 0 atom stereocenters. The third kappa shape index (κ3) is 3.71. The van der Waals surface area contributed by atoms with Crippen LogP contribution in [0.4, 0.5) is 5.69 Å². The molecule has 0 aliphatic rings. The average molecular weight is 275 g/mol. The number of nitrogens with zero attached hydrogens (tertiary/aromatic N) is 2. The molecule has 7 nitrogen and oxygen atoms in total. The van der Waals surface area contributed by atoms with Crippen molar-refractivity contribution in [3.05, 3.63) is 21.6 Å². The summed E-state index contributed by atoms with van der Waals surface area (Å²) in [7, 11) is 1.55. The highest BCUT2D eigenvalue weighted by Crippen LogP contribution is 2.14. The van der Waals surface area contributed by atoms with Crippen molar-refractivity contribution in [1.82, 2.24) is 15.1 Å². The van der Waals surface area contributed by atoms with Crippen LogP contribution in [0.5, 0.6) is 0 Å². The normalized spacial score (nSPS) is 10.2. The van der Waals surface area contributed by atoms with E-state index < -0.39 is 5.56 Å². The molecule has 0 radical (unpaired) electrons. The Balaban J connectivity index is 2.70. The molecule has 1 heterocycles. The quantitative estimate of drug-likeness (QED) is 0.646. The van der Waals surface area contributed by atoms with Crippen LogP contribution in [0.2, 0.25) is 5.02 Å². The molecule has 0 saturated heterocycles. The molecular formula is C10H15ClN4O3. The Morgan fingerprint density at radius 3 is 2.94 bits per heavy atom. The van der Waals surface area contributed by atoms with E-state index in [2.05, 4.69) is 15.7 Å². The van der Waals surface area contributed by atoms with Crippen LogP contribution in [-0.2, 0) is 11.3 Å². The number of hydrogen-bond acceptors (Lipinski definition) is 5. The standard InChI is InChI=1S/C10H15ClN4O3/c1-12-8(17)2-3-13-7-6-14-15(4-5-16)10(18)9(7)11/h6,13,16H,2-5H2,1H3,(H,12,17). The van der Waals surface area contributed by atoms with Crippen LogP contribution in [0.25, 0.3) is 0 Å². The summed E-state index contributed by atoms with van der Waals surface area (Å²) in [5, 5.41) is 17.9. The van der Waals surface area contributed by atoms with E-state index in [0.29, 0.717) is 12.2 Å². The van der Waals surface area contributed by atoms with E-state index in [-0.39, 0.29) is 30.5 Å². The lowest BCUT2D eigenvalue weighted by Gasteiger charge is -2.09. The molecule has 0 aliphatic carbocycles. The monoisotopic (exact) mass is 274 g/mol. The average Bonchev–Trinajstić information content (AvgIpc) is 2.37. The smallest absolute Gasteiger partial charge is 0.287 e. The summed E-state index contributed by atoms with van der Waals surface area (Å²) >= 11 is 5.87. The molecule has 0 bridgehead atoms. The van der Waals surface area contributed by atoms with Crippen LogP contribution in [0, 0.1) is 0 Å². The summed E-state index contributed by atoms with van der Waals surface area (Å²) in [5.74, 6) is -0.111. The van der Waals surface area contributed by atoms with E-state index >= 15 is 0 Å². The molecule has 100 valence electrons. The Morgan fingerprint density at radius 1 is 1.61 bits per heavy atom. The molecule has 1 aromatic heterocycles. The SMILES string of the molecule is CNC(=O)CCNc1cnn(CCO)c(=O)c1Cl. The predicted octanol–water partition coefficient (Wildman–Crippen LogP) is -0.563. The minimum Gasteiger partial charge on any atom is -0.394 e. The second-order valence-corrected chi connectivity index (χ2v) is 3.85. The number of halogens is 1. The van der Waals surface area contributed by atoms with E-state index in [4.69, 9.17) is 16.7 Å². The fraction of sp³-hybridized carbons (Fsp3) is 0.500. The zero-order valence-electron chi connectivity index (χ0n) is 9.94. The van der Waals surface area contributed by atoms with Gasteiger partial charge in [-0.2, -0.15) is 5.10 Å². The Morgan fingerprint density at radius 2 is 2.33 bits per heavy atom. The summed E-state index contributed by atoms with van der Waals surface area (Å²) < 4.78 is 1.08. The summed E-state index contributed by atoms with van der Waals surface area (Å²) in [6.07, 6.45) is 1.66. The van der Waals surface area contributed by atoms with Crippen molar-refractivity contribution in [2.24, 2.45) is 0 Å². The molecule has 8 heteroatoms. The van der Waals surface area contributed by atoms with Crippen molar-refractivity contribution in [3.63, 3.8) is 0 Å².